The molecule has 0 spiro atoms. The van der Waals surface area contributed by atoms with Crippen molar-refractivity contribution in [3.05, 3.63) is 0 Å². The molecule has 3 saturated carbocycles. The van der Waals surface area contributed by atoms with Crippen LogP contribution in [0.3, 0.4) is 0 Å². The van der Waals surface area contributed by atoms with E-state index in [1.807, 2.05) is 0 Å². The van der Waals surface area contributed by atoms with Crippen molar-refractivity contribution in [2.75, 3.05) is 13.1 Å². The third-order valence-electron chi connectivity index (χ3n) is 5.48. The maximum atomic E-state index is 12.2. The van der Waals surface area contributed by atoms with Gasteiger partial charge in [-0.1, -0.05) is 19.3 Å². The maximum Gasteiger partial charge on any atom is 0.317 e. The summed E-state index contributed by atoms with van der Waals surface area (Å²) in [5.41, 5.74) is 0. The zero-order valence-corrected chi connectivity index (χ0v) is 13.3. The molecule has 0 unspecified atom stereocenters. The molecule has 0 aromatic carbocycles. The minimum atomic E-state index is -0.740. The van der Waals surface area contributed by atoms with Gasteiger partial charge in [0.1, 0.15) is 0 Å². The number of nitrogens with zero attached hydrogens (tertiary/aromatic N) is 1. The molecule has 3 aliphatic carbocycles. The highest BCUT2D eigenvalue weighted by molar-refractivity contribution is 5.79. The molecule has 0 bridgehead atoms. The Kier molecular flexibility index (Phi) is 5.01. The first-order valence-electron chi connectivity index (χ1n) is 8.88. The van der Waals surface area contributed by atoms with Crippen molar-refractivity contribution in [1.82, 2.24) is 10.2 Å². The second-order valence-corrected chi connectivity index (χ2v) is 7.43. The minimum Gasteiger partial charge on any atom is -0.480 e. The molecule has 3 rings (SSSR count). The van der Waals surface area contributed by atoms with Crippen LogP contribution in [0.5, 0.6) is 0 Å². The highest BCUT2D eigenvalue weighted by atomic mass is 16.4. The van der Waals surface area contributed by atoms with Crippen molar-refractivity contribution >= 4 is 11.9 Å². The molecule has 0 radical (unpaired) electrons. The average molecular weight is 308 g/mol. The molecule has 3 aliphatic rings. The third kappa shape index (κ3) is 4.22. The molecule has 1 amide bonds. The Morgan fingerprint density at radius 2 is 1.73 bits per heavy atom. The van der Waals surface area contributed by atoms with E-state index in [-0.39, 0.29) is 24.4 Å². The summed E-state index contributed by atoms with van der Waals surface area (Å²) in [6.07, 6.45) is 10.0. The highest BCUT2D eigenvalue weighted by Gasteiger charge is 2.38. The molecule has 124 valence electrons. The summed E-state index contributed by atoms with van der Waals surface area (Å²) in [6, 6.07) is 0.600. The fourth-order valence-electron chi connectivity index (χ4n) is 3.84. The normalized spacial score (nSPS) is 29.1. The van der Waals surface area contributed by atoms with E-state index >= 15 is 0 Å². The van der Waals surface area contributed by atoms with Gasteiger partial charge in [0.25, 0.3) is 0 Å². The third-order valence-corrected chi connectivity index (χ3v) is 5.48. The number of carboxylic acids is 1. The lowest BCUT2D eigenvalue weighted by Gasteiger charge is -2.43. The predicted molar refractivity (Wildman–Crippen MR) is 83.5 cm³/mol. The first-order valence-corrected chi connectivity index (χ1v) is 8.88. The summed E-state index contributed by atoms with van der Waals surface area (Å²) in [5, 5.41) is 12.2. The second kappa shape index (κ2) is 6.99. The molecule has 2 N–H and O–H groups in total. The van der Waals surface area contributed by atoms with Crippen molar-refractivity contribution in [1.29, 1.82) is 0 Å². The molecule has 0 aromatic heterocycles. The van der Waals surface area contributed by atoms with E-state index in [1.165, 1.54) is 32.1 Å². The summed E-state index contributed by atoms with van der Waals surface area (Å²) in [4.78, 5) is 25.3. The topological polar surface area (TPSA) is 69.6 Å². The standard InChI is InChI=1S/C17H28N2O3/c20-16(21)11-19(10-12-6-7-12)15-8-14(9-15)18-17(22)13-4-2-1-3-5-13/h12-15H,1-11H2,(H,18,22)(H,20,21). The van der Waals surface area contributed by atoms with Gasteiger partial charge in [-0.2, -0.15) is 0 Å². The highest BCUT2D eigenvalue weighted by Crippen LogP contribution is 2.34. The Balaban J connectivity index is 1.41. The molecule has 0 aromatic rings. The Bertz CT molecular complexity index is 410. The van der Waals surface area contributed by atoms with Gasteiger partial charge >= 0.3 is 5.97 Å². The molecule has 5 nitrogen and oxygen atoms in total. The fraction of sp³-hybridized carbons (Fsp3) is 0.882. The number of carbonyl (C=O) groups is 2. The average Bonchev–Trinajstić information content (AvgIpc) is 3.26. The number of nitrogens with one attached hydrogen (secondary N) is 1. The van der Waals surface area contributed by atoms with Crippen LogP contribution in [-0.2, 0) is 9.59 Å². The zero-order chi connectivity index (χ0) is 15.5. The predicted octanol–water partition coefficient (Wildman–Crippen LogP) is 2.01. The van der Waals surface area contributed by atoms with Gasteiger partial charge < -0.3 is 10.4 Å². The van der Waals surface area contributed by atoms with Gasteiger partial charge in [0.2, 0.25) is 5.91 Å². The van der Waals surface area contributed by atoms with Crippen molar-refractivity contribution in [3.8, 4) is 0 Å². The summed E-state index contributed by atoms with van der Waals surface area (Å²) in [6.45, 7) is 1.06. The lowest BCUT2D eigenvalue weighted by Crippen LogP contribution is -2.56. The van der Waals surface area contributed by atoms with Crippen LogP contribution >= 0.6 is 0 Å². The number of amides is 1. The van der Waals surface area contributed by atoms with Crippen LogP contribution in [0.25, 0.3) is 0 Å². The number of rotatable bonds is 7. The molecule has 3 fully saturated rings. The Morgan fingerprint density at radius 1 is 1.05 bits per heavy atom. The molecule has 0 saturated heterocycles. The van der Waals surface area contributed by atoms with Crippen LogP contribution in [0, 0.1) is 11.8 Å². The zero-order valence-electron chi connectivity index (χ0n) is 13.3. The molecule has 0 aliphatic heterocycles. The summed E-state index contributed by atoms with van der Waals surface area (Å²) in [5.74, 6) is 0.412. The molecule has 0 atom stereocenters. The van der Waals surface area contributed by atoms with E-state index in [9.17, 15) is 9.59 Å². The molecule has 5 heteroatoms. The van der Waals surface area contributed by atoms with Crippen LogP contribution in [0.2, 0.25) is 0 Å². The lowest BCUT2D eigenvalue weighted by molar-refractivity contribution is -0.140. The fourth-order valence-corrected chi connectivity index (χ4v) is 3.84. The number of carboxylic acid groups (broad SMARTS) is 1. The van der Waals surface area contributed by atoms with Crippen molar-refractivity contribution < 1.29 is 14.7 Å². The molecular formula is C17H28N2O3. The van der Waals surface area contributed by atoms with Crippen LogP contribution in [0.15, 0.2) is 0 Å². The number of hydrogen-bond acceptors (Lipinski definition) is 3. The first kappa shape index (κ1) is 15.8. The smallest absolute Gasteiger partial charge is 0.317 e. The number of aliphatic carboxylic acids is 1. The lowest BCUT2D eigenvalue weighted by atomic mass is 9.83. The second-order valence-electron chi connectivity index (χ2n) is 7.43. The van der Waals surface area contributed by atoms with E-state index in [1.54, 1.807) is 0 Å². The van der Waals surface area contributed by atoms with Gasteiger partial charge in [-0.25, -0.2) is 0 Å². The van der Waals surface area contributed by atoms with Crippen LogP contribution in [0.4, 0.5) is 0 Å². The van der Waals surface area contributed by atoms with Crippen molar-refractivity contribution in [3.63, 3.8) is 0 Å². The van der Waals surface area contributed by atoms with Gasteiger partial charge in [-0.05, 0) is 44.4 Å². The Labute approximate surface area is 132 Å². The Hall–Kier alpha value is -1.10. The van der Waals surface area contributed by atoms with Crippen molar-refractivity contribution in [2.24, 2.45) is 11.8 Å². The Morgan fingerprint density at radius 3 is 2.32 bits per heavy atom. The van der Waals surface area contributed by atoms with E-state index < -0.39 is 5.97 Å². The van der Waals surface area contributed by atoms with Crippen molar-refractivity contribution in [2.45, 2.75) is 69.9 Å². The molecule has 22 heavy (non-hydrogen) atoms. The quantitative estimate of drug-likeness (QED) is 0.755. The van der Waals surface area contributed by atoms with E-state index in [4.69, 9.17) is 5.11 Å². The summed E-state index contributed by atoms with van der Waals surface area (Å²) < 4.78 is 0. The molecular weight excluding hydrogens is 280 g/mol. The van der Waals surface area contributed by atoms with E-state index in [0.717, 1.165) is 32.2 Å². The largest absolute Gasteiger partial charge is 0.480 e. The SMILES string of the molecule is O=C(O)CN(CC1CC1)C1CC(NC(=O)C2CCCCC2)C1. The summed E-state index contributed by atoms with van der Waals surface area (Å²) >= 11 is 0. The van der Waals surface area contributed by atoms with E-state index in [0.29, 0.717) is 12.0 Å². The van der Waals surface area contributed by atoms with Crippen LogP contribution in [0.1, 0.15) is 57.8 Å². The number of carbonyl (C=O) groups excluding carboxylic acids is 1. The molecule has 0 heterocycles. The van der Waals surface area contributed by atoms with Gasteiger partial charge in [-0.3, -0.25) is 14.5 Å². The number of hydrogen-bond donors (Lipinski definition) is 2. The first-order chi connectivity index (χ1) is 10.6. The van der Waals surface area contributed by atoms with E-state index in [2.05, 4.69) is 10.2 Å². The monoisotopic (exact) mass is 308 g/mol. The summed E-state index contributed by atoms with van der Waals surface area (Å²) in [7, 11) is 0. The minimum absolute atomic E-state index is 0.143. The van der Waals surface area contributed by atoms with Gasteiger partial charge in [0, 0.05) is 24.5 Å². The maximum absolute atomic E-state index is 12.2. The van der Waals surface area contributed by atoms with Gasteiger partial charge in [-0.15, -0.1) is 0 Å². The van der Waals surface area contributed by atoms with Crippen LogP contribution in [-0.4, -0.2) is 47.1 Å². The van der Waals surface area contributed by atoms with Crippen LogP contribution < -0.4 is 5.32 Å². The van der Waals surface area contributed by atoms with Gasteiger partial charge in [0.05, 0.1) is 6.54 Å². The van der Waals surface area contributed by atoms with Gasteiger partial charge in [0.15, 0.2) is 0 Å².